The second-order valence-electron chi connectivity index (χ2n) is 10.3. The van der Waals surface area contributed by atoms with E-state index in [1.54, 1.807) is 78.9 Å². The van der Waals surface area contributed by atoms with Crippen LogP contribution in [0.5, 0.6) is 5.75 Å². The molecule has 242 valence electrons. The van der Waals surface area contributed by atoms with Crippen molar-refractivity contribution >= 4 is 70.1 Å². The summed E-state index contributed by atoms with van der Waals surface area (Å²) in [5, 5.41) is 8.52. The second-order valence-corrected chi connectivity index (χ2v) is 12.3. The van der Waals surface area contributed by atoms with Gasteiger partial charge in [0.2, 0.25) is 5.91 Å². The summed E-state index contributed by atoms with van der Waals surface area (Å²) < 4.78 is 5.71. The molecule has 3 N–H and O–H groups in total. The average Bonchev–Trinajstić information content (AvgIpc) is 3.10. The number of hydrogen-bond acceptors (Lipinski definition) is 5. The Hall–Kier alpha value is -5.02. The van der Waals surface area contributed by atoms with Gasteiger partial charge in [0, 0.05) is 16.1 Å². The fourth-order valence-electron chi connectivity index (χ4n) is 4.66. The highest BCUT2D eigenvalue weighted by molar-refractivity contribution is 8.00. The number of carbonyl (C=O) groups is 3. The molecule has 5 aromatic rings. The van der Waals surface area contributed by atoms with Crippen molar-refractivity contribution in [1.29, 1.82) is 0 Å². The molecule has 1 atom stereocenters. The van der Waals surface area contributed by atoms with E-state index in [1.807, 2.05) is 55.5 Å². The third-order valence-electron chi connectivity index (χ3n) is 6.94. The highest BCUT2D eigenvalue weighted by atomic mass is 35.5. The predicted molar refractivity (Wildman–Crippen MR) is 195 cm³/mol. The van der Waals surface area contributed by atoms with Crippen molar-refractivity contribution in [2.75, 3.05) is 17.2 Å². The van der Waals surface area contributed by atoms with Gasteiger partial charge in [-0.05, 0) is 72.7 Å². The summed E-state index contributed by atoms with van der Waals surface area (Å²) in [4.78, 5) is 41.2. The van der Waals surface area contributed by atoms with Crippen molar-refractivity contribution in [3.05, 3.63) is 160 Å². The normalized spacial score (nSPS) is 11.7. The van der Waals surface area contributed by atoms with Gasteiger partial charge in [-0.15, -0.1) is 11.8 Å². The molecule has 10 heteroatoms. The minimum Gasteiger partial charge on any atom is -0.492 e. The van der Waals surface area contributed by atoms with Gasteiger partial charge in [-0.3, -0.25) is 14.4 Å². The lowest BCUT2D eigenvalue weighted by Crippen LogP contribution is -2.30. The lowest BCUT2D eigenvalue weighted by atomic mass is 10.1. The molecule has 0 saturated heterocycles. The molecule has 5 aromatic carbocycles. The molecular formula is C38H31Cl2N3O4S. The number of thioether (sulfide) groups is 1. The third-order valence-corrected chi connectivity index (χ3v) is 9.02. The van der Waals surface area contributed by atoms with E-state index in [1.165, 1.54) is 17.8 Å². The minimum absolute atomic E-state index is 0.0411. The summed E-state index contributed by atoms with van der Waals surface area (Å²) in [6.45, 7) is 2.34. The van der Waals surface area contributed by atoms with Crippen LogP contribution in [0.25, 0.3) is 6.08 Å². The van der Waals surface area contributed by atoms with Gasteiger partial charge >= 0.3 is 0 Å². The molecule has 7 nitrogen and oxygen atoms in total. The molecule has 48 heavy (non-hydrogen) atoms. The zero-order chi connectivity index (χ0) is 33.9. The van der Waals surface area contributed by atoms with Gasteiger partial charge in [-0.1, -0.05) is 102 Å². The van der Waals surface area contributed by atoms with Gasteiger partial charge in [0.25, 0.3) is 11.8 Å². The molecule has 0 heterocycles. The predicted octanol–water partition coefficient (Wildman–Crippen LogP) is 9.27. The van der Waals surface area contributed by atoms with Crippen LogP contribution < -0.4 is 20.7 Å². The topological polar surface area (TPSA) is 96.5 Å². The summed E-state index contributed by atoms with van der Waals surface area (Å²) in [5.74, 6) is -0.707. The smallest absolute Gasteiger partial charge is 0.272 e. The monoisotopic (exact) mass is 695 g/mol. The lowest BCUT2D eigenvalue weighted by Gasteiger charge is -2.19. The van der Waals surface area contributed by atoms with Gasteiger partial charge in [-0.25, -0.2) is 0 Å². The number of benzene rings is 5. The first-order chi connectivity index (χ1) is 23.3. The summed E-state index contributed by atoms with van der Waals surface area (Å²) >= 11 is 14.0. The molecule has 5 rings (SSSR count). The molecule has 1 unspecified atom stereocenters. The molecule has 0 aliphatic carbocycles. The Balaban J connectivity index is 1.40. The largest absolute Gasteiger partial charge is 0.492 e. The van der Waals surface area contributed by atoms with E-state index in [0.717, 1.165) is 10.5 Å². The molecule has 0 fully saturated rings. The van der Waals surface area contributed by atoms with Crippen LogP contribution in [-0.4, -0.2) is 24.3 Å². The fourth-order valence-corrected chi connectivity index (χ4v) is 6.11. The molecule has 0 saturated carbocycles. The summed E-state index contributed by atoms with van der Waals surface area (Å²) in [5.41, 5.74) is 2.62. The second kappa shape index (κ2) is 16.7. The van der Waals surface area contributed by atoms with Crippen LogP contribution >= 0.6 is 35.0 Å². The fraction of sp³-hybridized carbons (Fsp3) is 0.0789. The SMILES string of the molecule is CCOc1ccccc1NC(=O)C(Sc1cccc(NC(=O)/C(=C\c2cccc(Cl)c2Cl)NC(=O)c2ccccc2)c1)c1ccccc1. The van der Waals surface area contributed by atoms with Gasteiger partial charge in [0.1, 0.15) is 16.7 Å². The number of ether oxygens (including phenoxy) is 1. The van der Waals surface area contributed by atoms with E-state index >= 15 is 0 Å². The van der Waals surface area contributed by atoms with Crippen LogP contribution in [0.15, 0.2) is 138 Å². The standard InChI is InChI=1S/C38H31Cl2N3O4S/c1-2-47-33-22-10-9-21-31(33)42-38(46)35(25-13-5-3-6-14-25)48-29-19-12-18-28(24-29)41-37(45)32(23-27-17-11-20-30(39)34(27)40)43-36(44)26-15-7-4-8-16-26/h3-24,35H,2H2,1H3,(H,41,45)(H,42,46)(H,43,44)/b32-23+. The molecule has 3 amide bonds. The first kappa shape index (κ1) is 34.3. The Kier molecular flexibility index (Phi) is 11.9. The molecule has 0 aliphatic rings. The van der Waals surface area contributed by atoms with Crippen LogP contribution in [0, 0.1) is 0 Å². The van der Waals surface area contributed by atoms with Gasteiger partial charge in [0.05, 0.1) is 22.3 Å². The first-order valence-corrected chi connectivity index (χ1v) is 16.6. The molecule has 0 radical (unpaired) electrons. The van der Waals surface area contributed by atoms with E-state index in [9.17, 15) is 14.4 Å². The van der Waals surface area contributed by atoms with Crippen LogP contribution in [0.4, 0.5) is 11.4 Å². The maximum absolute atomic E-state index is 13.7. The maximum Gasteiger partial charge on any atom is 0.272 e. The Morgan fingerprint density at radius 2 is 1.48 bits per heavy atom. The van der Waals surface area contributed by atoms with Crippen LogP contribution in [-0.2, 0) is 9.59 Å². The van der Waals surface area contributed by atoms with Crippen molar-refractivity contribution in [2.24, 2.45) is 0 Å². The molecular weight excluding hydrogens is 665 g/mol. The number of hydrogen-bond donors (Lipinski definition) is 3. The molecule has 0 aliphatic heterocycles. The van der Waals surface area contributed by atoms with Gasteiger partial charge in [-0.2, -0.15) is 0 Å². The Labute approximate surface area is 293 Å². The van der Waals surface area contributed by atoms with Crippen molar-refractivity contribution < 1.29 is 19.1 Å². The molecule has 0 spiro atoms. The third kappa shape index (κ3) is 9.07. The summed E-state index contributed by atoms with van der Waals surface area (Å²) in [6.07, 6.45) is 1.47. The minimum atomic E-state index is -0.627. The molecule has 0 aromatic heterocycles. The highest BCUT2D eigenvalue weighted by Gasteiger charge is 2.24. The number of carbonyl (C=O) groups excluding carboxylic acids is 3. The number of amides is 3. The van der Waals surface area contributed by atoms with Gasteiger partial charge in [0.15, 0.2) is 0 Å². The van der Waals surface area contributed by atoms with Crippen molar-refractivity contribution in [3.8, 4) is 5.75 Å². The number of halogens is 2. The van der Waals surface area contributed by atoms with Crippen LogP contribution in [0.1, 0.15) is 33.7 Å². The van der Waals surface area contributed by atoms with Crippen molar-refractivity contribution in [1.82, 2.24) is 5.32 Å². The summed E-state index contributed by atoms with van der Waals surface area (Å²) in [7, 11) is 0. The number of anilines is 2. The quantitative estimate of drug-likeness (QED) is 0.0893. The summed E-state index contributed by atoms with van der Waals surface area (Å²) in [6, 6.07) is 37.4. The number of rotatable bonds is 12. The maximum atomic E-state index is 13.7. The lowest BCUT2D eigenvalue weighted by molar-refractivity contribution is -0.116. The Morgan fingerprint density at radius 1 is 0.792 bits per heavy atom. The zero-order valence-corrected chi connectivity index (χ0v) is 28.1. The van der Waals surface area contributed by atoms with Crippen LogP contribution in [0.2, 0.25) is 10.0 Å². The van der Waals surface area contributed by atoms with Crippen molar-refractivity contribution in [3.63, 3.8) is 0 Å². The number of para-hydroxylation sites is 2. The zero-order valence-electron chi connectivity index (χ0n) is 25.8. The van der Waals surface area contributed by atoms with E-state index in [2.05, 4.69) is 16.0 Å². The van der Waals surface area contributed by atoms with E-state index in [-0.39, 0.29) is 16.6 Å². The van der Waals surface area contributed by atoms with Crippen LogP contribution in [0.3, 0.4) is 0 Å². The molecule has 0 bridgehead atoms. The average molecular weight is 697 g/mol. The van der Waals surface area contributed by atoms with Crippen molar-refractivity contribution in [2.45, 2.75) is 17.1 Å². The van der Waals surface area contributed by atoms with E-state index in [0.29, 0.717) is 39.9 Å². The highest BCUT2D eigenvalue weighted by Crippen LogP contribution is 2.38. The van der Waals surface area contributed by atoms with Gasteiger partial charge < -0.3 is 20.7 Å². The Bertz CT molecular complexity index is 1940. The Morgan fingerprint density at radius 3 is 2.23 bits per heavy atom. The first-order valence-electron chi connectivity index (χ1n) is 15.0. The number of nitrogens with one attached hydrogen (secondary N) is 3. The van der Waals surface area contributed by atoms with E-state index < -0.39 is 17.1 Å². The van der Waals surface area contributed by atoms with E-state index in [4.69, 9.17) is 27.9 Å².